The number of amides is 2. The van der Waals surface area contributed by atoms with Gasteiger partial charge < -0.3 is 9.88 Å². The maximum atomic E-state index is 13.5. The molecule has 1 heterocycles. The number of carbonyl (C=O) groups excluding carboxylic acids is 1. The smallest absolute Gasteiger partial charge is 0.313 e. The van der Waals surface area contributed by atoms with Gasteiger partial charge in [-0.25, -0.2) is 18.6 Å². The van der Waals surface area contributed by atoms with Gasteiger partial charge in [0.1, 0.15) is 11.6 Å². The van der Waals surface area contributed by atoms with E-state index in [9.17, 15) is 13.6 Å². The Morgan fingerprint density at radius 2 is 1.91 bits per heavy atom. The van der Waals surface area contributed by atoms with Crippen LogP contribution in [-0.2, 0) is 7.05 Å². The summed E-state index contributed by atoms with van der Waals surface area (Å²) in [5.41, 5.74) is 1.47. The van der Waals surface area contributed by atoms with E-state index in [0.29, 0.717) is 12.0 Å². The Morgan fingerprint density at radius 1 is 1.14 bits per heavy atom. The molecule has 0 aliphatic heterocycles. The van der Waals surface area contributed by atoms with Crippen molar-refractivity contribution in [3.05, 3.63) is 54.1 Å². The average molecular weight is 302 g/mol. The third-order valence-electron chi connectivity index (χ3n) is 3.19. The van der Waals surface area contributed by atoms with Crippen LogP contribution in [0.5, 0.6) is 0 Å². The number of aromatic nitrogens is 2. The van der Waals surface area contributed by atoms with Gasteiger partial charge in [0.25, 0.3) is 0 Å². The van der Waals surface area contributed by atoms with Crippen molar-refractivity contribution >= 4 is 28.7 Å². The number of nitrogens with zero attached hydrogens (tertiary/aromatic N) is 2. The van der Waals surface area contributed by atoms with Crippen molar-refractivity contribution in [2.45, 2.75) is 0 Å². The maximum Gasteiger partial charge on any atom is 0.326 e. The summed E-state index contributed by atoms with van der Waals surface area (Å²) in [5.74, 6) is -1.24. The summed E-state index contributed by atoms with van der Waals surface area (Å²) in [4.78, 5) is 16.2. The van der Waals surface area contributed by atoms with Gasteiger partial charge in [0, 0.05) is 13.1 Å². The lowest BCUT2D eigenvalue weighted by Crippen LogP contribution is -2.22. The van der Waals surface area contributed by atoms with Crippen molar-refractivity contribution in [1.29, 1.82) is 0 Å². The second-order valence-electron chi connectivity index (χ2n) is 4.69. The molecule has 0 aliphatic carbocycles. The molecule has 0 aliphatic rings. The Labute approximate surface area is 124 Å². The van der Waals surface area contributed by atoms with E-state index in [1.807, 2.05) is 24.3 Å². The third-order valence-corrected chi connectivity index (χ3v) is 3.19. The van der Waals surface area contributed by atoms with Crippen molar-refractivity contribution < 1.29 is 13.6 Å². The molecule has 1 aromatic heterocycles. The molecule has 0 atom stereocenters. The van der Waals surface area contributed by atoms with Crippen molar-refractivity contribution in [1.82, 2.24) is 9.55 Å². The highest BCUT2D eigenvalue weighted by Crippen LogP contribution is 2.19. The van der Waals surface area contributed by atoms with Crippen LogP contribution in [0.1, 0.15) is 0 Å². The molecular formula is C15H12F2N4O. The van der Waals surface area contributed by atoms with E-state index in [4.69, 9.17) is 0 Å². The van der Waals surface area contributed by atoms with Gasteiger partial charge in [-0.1, -0.05) is 12.1 Å². The molecule has 112 valence electrons. The van der Waals surface area contributed by atoms with Gasteiger partial charge in [-0.15, -0.1) is 0 Å². The zero-order chi connectivity index (χ0) is 15.7. The van der Waals surface area contributed by atoms with E-state index in [1.165, 1.54) is 0 Å². The zero-order valence-electron chi connectivity index (χ0n) is 11.6. The van der Waals surface area contributed by atoms with Crippen molar-refractivity contribution in [3.8, 4) is 0 Å². The number of aryl methyl sites for hydroxylation is 1. The SMILES string of the molecule is Cn1c(NC(=O)Nc2ccc(F)cc2F)nc2ccccc21. The van der Waals surface area contributed by atoms with Crippen LogP contribution >= 0.6 is 0 Å². The van der Waals surface area contributed by atoms with Gasteiger partial charge in [-0.2, -0.15) is 0 Å². The Kier molecular flexibility index (Phi) is 3.46. The van der Waals surface area contributed by atoms with Crippen molar-refractivity contribution in [2.24, 2.45) is 7.05 Å². The Balaban J connectivity index is 1.79. The second-order valence-corrected chi connectivity index (χ2v) is 4.69. The molecule has 0 radical (unpaired) electrons. The van der Waals surface area contributed by atoms with Gasteiger partial charge in [-0.3, -0.25) is 5.32 Å². The van der Waals surface area contributed by atoms with Crippen LogP contribution in [0.15, 0.2) is 42.5 Å². The standard InChI is InChI=1S/C15H12F2N4O/c1-21-13-5-3-2-4-12(13)18-14(21)20-15(22)19-11-7-6-9(16)8-10(11)17/h2-8H,1H3,(H2,18,19,20,22). The number of urea groups is 1. The summed E-state index contributed by atoms with van der Waals surface area (Å²) >= 11 is 0. The molecule has 0 fully saturated rings. The van der Waals surface area contributed by atoms with Crippen LogP contribution in [0.2, 0.25) is 0 Å². The predicted molar refractivity (Wildman–Crippen MR) is 79.7 cm³/mol. The number of halogens is 2. The van der Waals surface area contributed by atoms with Crippen LogP contribution < -0.4 is 10.6 Å². The van der Waals surface area contributed by atoms with Gasteiger partial charge in [-0.05, 0) is 24.3 Å². The molecule has 0 bridgehead atoms. The number of anilines is 2. The van der Waals surface area contributed by atoms with Crippen molar-refractivity contribution in [3.63, 3.8) is 0 Å². The normalized spacial score (nSPS) is 10.7. The van der Waals surface area contributed by atoms with E-state index in [0.717, 1.165) is 23.2 Å². The summed E-state index contributed by atoms with van der Waals surface area (Å²) < 4.78 is 28.0. The third kappa shape index (κ3) is 2.60. The lowest BCUT2D eigenvalue weighted by Gasteiger charge is -2.08. The van der Waals surface area contributed by atoms with Crippen LogP contribution in [-0.4, -0.2) is 15.6 Å². The molecular weight excluding hydrogens is 290 g/mol. The quantitative estimate of drug-likeness (QED) is 0.761. The van der Waals surface area contributed by atoms with Crippen LogP contribution in [0.4, 0.5) is 25.2 Å². The fourth-order valence-electron chi connectivity index (χ4n) is 2.10. The minimum atomic E-state index is -0.847. The first-order valence-corrected chi connectivity index (χ1v) is 6.49. The van der Waals surface area contributed by atoms with E-state index in [2.05, 4.69) is 15.6 Å². The monoisotopic (exact) mass is 302 g/mol. The summed E-state index contributed by atoms with van der Waals surface area (Å²) in [6.07, 6.45) is 0. The largest absolute Gasteiger partial charge is 0.326 e. The molecule has 22 heavy (non-hydrogen) atoms. The molecule has 2 amide bonds. The Morgan fingerprint density at radius 3 is 2.64 bits per heavy atom. The molecule has 7 heteroatoms. The number of hydrogen-bond donors (Lipinski definition) is 2. The molecule has 0 unspecified atom stereocenters. The Hall–Kier alpha value is -2.96. The van der Waals surface area contributed by atoms with Gasteiger partial charge in [0.15, 0.2) is 0 Å². The first-order valence-electron chi connectivity index (χ1n) is 6.49. The zero-order valence-corrected chi connectivity index (χ0v) is 11.6. The first kappa shape index (κ1) is 14.0. The minimum Gasteiger partial charge on any atom is -0.313 e. The Bertz CT molecular complexity index is 860. The van der Waals surface area contributed by atoms with Crippen LogP contribution in [0, 0.1) is 11.6 Å². The van der Waals surface area contributed by atoms with Gasteiger partial charge in [0.2, 0.25) is 5.95 Å². The number of para-hydroxylation sites is 2. The molecule has 2 N–H and O–H groups in total. The highest BCUT2D eigenvalue weighted by molar-refractivity contribution is 5.99. The number of fused-ring (bicyclic) bond motifs is 1. The highest BCUT2D eigenvalue weighted by atomic mass is 19.1. The molecule has 0 saturated heterocycles. The number of benzene rings is 2. The number of hydrogen-bond acceptors (Lipinski definition) is 2. The van der Waals surface area contributed by atoms with E-state index in [1.54, 1.807) is 11.6 Å². The lowest BCUT2D eigenvalue weighted by molar-refractivity contribution is 0.262. The lowest BCUT2D eigenvalue weighted by atomic mass is 10.3. The topological polar surface area (TPSA) is 59.0 Å². The van der Waals surface area contributed by atoms with Crippen LogP contribution in [0.25, 0.3) is 11.0 Å². The molecule has 3 rings (SSSR count). The average Bonchev–Trinajstić information content (AvgIpc) is 2.79. The van der Waals surface area contributed by atoms with E-state index < -0.39 is 17.7 Å². The molecule has 0 saturated carbocycles. The molecule has 2 aromatic carbocycles. The molecule has 5 nitrogen and oxygen atoms in total. The fraction of sp³-hybridized carbons (Fsp3) is 0.0667. The fourth-order valence-corrected chi connectivity index (χ4v) is 2.10. The summed E-state index contributed by atoms with van der Waals surface area (Å²) in [6, 6.07) is 9.64. The first-order chi connectivity index (χ1) is 10.5. The van der Waals surface area contributed by atoms with Gasteiger partial charge in [0.05, 0.1) is 16.7 Å². The molecule has 3 aromatic rings. The van der Waals surface area contributed by atoms with E-state index in [-0.39, 0.29) is 5.69 Å². The number of rotatable bonds is 2. The highest BCUT2D eigenvalue weighted by Gasteiger charge is 2.12. The maximum absolute atomic E-state index is 13.5. The summed E-state index contributed by atoms with van der Waals surface area (Å²) in [6.45, 7) is 0. The van der Waals surface area contributed by atoms with Crippen molar-refractivity contribution in [2.75, 3.05) is 10.6 Å². The number of carbonyl (C=O) groups is 1. The number of imidazole rings is 1. The summed E-state index contributed by atoms with van der Waals surface area (Å²) in [5, 5.41) is 4.84. The summed E-state index contributed by atoms with van der Waals surface area (Å²) in [7, 11) is 1.75. The number of nitrogens with one attached hydrogen (secondary N) is 2. The van der Waals surface area contributed by atoms with Gasteiger partial charge >= 0.3 is 6.03 Å². The van der Waals surface area contributed by atoms with E-state index >= 15 is 0 Å². The van der Waals surface area contributed by atoms with Crippen LogP contribution in [0.3, 0.4) is 0 Å². The molecule has 0 spiro atoms. The minimum absolute atomic E-state index is 0.113. The second kappa shape index (κ2) is 5.44. The predicted octanol–water partition coefficient (Wildman–Crippen LogP) is 3.50.